The minimum Gasteiger partial charge on any atom is -0.338 e. The fourth-order valence-electron chi connectivity index (χ4n) is 2.64. The third-order valence-corrected chi connectivity index (χ3v) is 3.91. The van der Waals surface area contributed by atoms with Gasteiger partial charge in [0.25, 0.3) is 0 Å². The van der Waals surface area contributed by atoms with Gasteiger partial charge < -0.3 is 10.2 Å². The molecule has 2 fully saturated rings. The largest absolute Gasteiger partial charge is 0.338 e. The van der Waals surface area contributed by atoms with E-state index in [1.165, 1.54) is 12.8 Å². The molecule has 0 radical (unpaired) electrons. The SMILES string of the molecule is CCCNC1CCCN(C(C)C2CC2)C1=O. The molecule has 2 atom stereocenters. The molecule has 1 aliphatic carbocycles. The zero-order valence-corrected chi connectivity index (χ0v) is 10.5. The van der Waals surface area contributed by atoms with Crippen molar-refractivity contribution in [3.8, 4) is 0 Å². The monoisotopic (exact) mass is 224 g/mol. The molecule has 3 heteroatoms. The van der Waals surface area contributed by atoms with E-state index in [4.69, 9.17) is 0 Å². The molecule has 1 N–H and O–H groups in total. The average molecular weight is 224 g/mol. The maximum Gasteiger partial charge on any atom is 0.239 e. The Labute approximate surface area is 98.6 Å². The predicted molar refractivity (Wildman–Crippen MR) is 65.2 cm³/mol. The van der Waals surface area contributed by atoms with Crippen LogP contribution >= 0.6 is 0 Å². The van der Waals surface area contributed by atoms with Crippen molar-refractivity contribution in [1.29, 1.82) is 0 Å². The summed E-state index contributed by atoms with van der Waals surface area (Å²) < 4.78 is 0. The maximum absolute atomic E-state index is 12.3. The number of hydrogen-bond donors (Lipinski definition) is 1. The first-order valence-corrected chi connectivity index (χ1v) is 6.78. The molecule has 2 aliphatic rings. The summed E-state index contributed by atoms with van der Waals surface area (Å²) in [4.78, 5) is 14.4. The molecule has 1 aliphatic heterocycles. The van der Waals surface area contributed by atoms with Crippen LogP contribution in [0.1, 0.15) is 46.0 Å². The van der Waals surface area contributed by atoms with Crippen molar-refractivity contribution in [3.63, 3.8) is 0 Å². The van der Waals surface area contributed by atoms with E-state index in [1.54, 1.807) is 0 Å². The Morgan fingerprint density at radius 2 is 2.19 bits per heavy atom. The molecule has 0 spiro atoms. The molecule has 1 heterocycles. The molecule has 0 aromatic heterocycles. The van der Waals surface area contributed by atoms with E-state index in [0.717, 1.165) is 38.3 Å². The third kappa shape index (κ3) is 2.57. The Morgan fingerprint density at radius 1 is 1.44 bits per heavy atom. The van der Waals surface area contributed by atoms with Crippen molar-refractivity contribution in [2.24, 2.45) is 5.92 Å². The van der Waals surface area contributed by atoms with Crippen molar-refractivity contribution < 1.29 is 4.79 Å². The highest BCUT2D eigenvalue weighted by atomic mass is 16.2. The van der Waals surface area contributed by atoms with Gasteiger partial charge in [0.05, 0.1) is 6.04 Å². The van der Waals surface area contributed by atoms with Crippen LogP contribution in [0, 0.1) is 5.92 Å². The van der Waals surface area contributed by atoms with Crippen molar-refractivity contribution in [1.82, 2.24) is 10.2 Å². The minimum atomic E-state index is 0.0925. The van der Waals surface area contributed by atoms with Crippen molar-refractivity contribution >= 4 is 5.91 Å². The molecule has 92 valence electrons. The maximum atomic E-state index is 12.3. The molecule has 0 aromatic carbocycles. The number of carbonyl (C=O) groups excluding carboxylic acids is 1. The molecule has 0 aromatic rings. The van der Waals surface area contributed by atoms with Gasteiger partial charge in [0, 0.05) is 12.6 Å². The highest BCUT2D eigenvalue weighted by Crippen LogP contribution is 2.36. The number of likely N-dealkylation sites (tertiary alicyclic amines) is 1. The van der Waals surface area contributed by atoms with Crippen LogP contribution in [-0.2, 0) is 4.79 Å². The van der Waals surface area contributed by atoms with Crippen molar-refractivity contribution in [3.05, 3.63) is 0 Å². The second-order valence-electron chi connectivity index (χ2n) is 5.26. The lowest BCUT2D eigenvalue weighted by atomic mass is 10.0. The lowest BCUT2D eigenvalue weighted by Gasteiger charge is -2.37. The Hall–Kier alpha value is -0.570. The Balaban J connectivity index is 1.90. The Kier molecular flexibility index (Phi) is 3.85. The predicted octanol–water partition coefficient (Wildman–Crippen LogP) is 1.78. The Bertz CT molecular complexity index is 250. The van der Waals surface area contributed by atoms with E-state index < -0.39 is 0 Å². The first-order valence-electron chi connectivity index (χ1n) is 6.78. The third-order valence-electron chi connectivity index (χ3n) is 3.91. The lowest BCUT2D eigenvalue weighted by Crippen LogP contribution is -2.54. The Morgan fingerprint density at radius 3 is 2.81 bits per heavy atom. The summed E-state index contributed by atoms with van der Waals surface area (Å²) >= 11 is 0. The van der Waals surface area contributed by atoms with Crippen LogP contribution in [0.25, 0.3) is 0 Å². The highest BCUT2D eigenvalue weighted by molar-refractivity contribution is 5.83. The van der Waals surface area contributed by atoms with Crippen LogP contribution in [0.15, 0.2) is 0 Å². The van der Waals surface area contributed by atoms with Gasteiger partial charge in [-0.3, -0.25) is 4.79 Å². The second kappa shape index (κ2) is 5.17. The minimum absolute atomic E-state index is 0.0925. The zero-order chi connectivity index (χ0) is 11.5. The van der Waals surface area contributed by atoms with Gasteiger partial charge in [-0.1, -0.05) is 6.92 Å². The summed E-state index contributed by atoms with van der Waals surface area (Å²) in [5.74, 6) is 1.13. The summed E-state index contributed by atoms with van der Waals surface area (Å²) in [6, 6.07) is 0.564. The fraction of sp³-hybridized carbons (Fsp3) is 0.923. The molecule has 1 saturated heterocycles. The van der Waals surface area contributed by atoms with Gasteiger partial charge in [-0.25, -0.2) is 0 Å². The molecule has 16 heavy (non-hydrogen) atoms. The number of rotatable bonds is 5. The van der Waals surface area contributed by atoms with Crippen LogP contribution < -0.4 is 5.32 Å². The van der Waals surface area contributed by atoms with Gasteiger partial charge in [0.15, 0.2) is 0 Å². The van der Waals surface area contributed by atoms with E-state index in [0.29, 0.717) is 11.9 Å². The molecular formula is C13H24N2O. The van der Waals surface area contributed by atoms with E-state index in [2.05, 4.69) is 24.1 Å². The lowest BCUT2D eigenvalue weighted by molar-refractivity contribution is -0.138. The quantitative estimate of drug-likeness (QED) is 0.772. The average Bonchev–Trinajstić information content (AvgIpc) is 3.11. The van der Waals surface area contributed by atoms with Gasteiger partial charge in [-0.2, -0.15) is 0 Å². The normalized spacial score (nSPS) is 28.2. The highest BCUT2D eigenvalue weighted by Gasteiger charge is 2.37. The van der Waals surface area contributed by atoms with Crippen LogP contribution in [0.3, 0.4) is 0 Å². The van der Waals surface area contributed by atoms with Crippen LogP contribution in [0.2, 0.25) is 0 Å². The molecule has 2 unspecified atom stereocenters. The van der Waals surface area contributed by atoms with E-state index in [1.807, 2.05) is 0 Å². The molecule has 3 nitrogen and oxygen atoms in total. The summed E-state index contributed by atoms with van der Waals surface area (Å²) in [6.45, 7) is 6.30. The van der Waals surface area contributed by atoms with Crippen molar-refractivity contribution in [2.45, 2.75) is 58.0 Å². The topological polar surface area (TPSA) is 32.3 Å². The number of nitrogens with one attached hydrogen (secondary N) is 1. The summed E-state index contributed by atoms with van der Waals surface area (Å²) in [5.41, 5.74) is 0. The fourth-order valence-corrected chi connectivity index (χ4v) is 2.64. The number of hydrogen-bond acceptors (Lipinski definition) is 2. The summed E-state index contributed by atoms with van der Waals surface area (Å²) in [6.07, 6.45) is 5.91. The van der Waals surface area contributed by atoms with Crippen LogP contribution in [0.4, 0.5) is 0 Å². The van der Waals surface area contributed by atoms with E-state index in [9.17, 15) is 4.79 Å². The van der Waals surface area contributed by atoms with Gasteiger partial charge in [-0.15, -0.1) is 0 Å². The number of amides is 1. The molecule has 1 amide bonds. The van der Waals surface area contributed by atoms with E-state index >= 15 is 0 Å². The number of carbonyl (C=O) groups is 1. The van der Waals surface area contributed by atoms with Crippen molar-refractivity contribution in [2.75, 3.05) is 13.1 Å². The van der Waals surface area contributed by atoms with E-state index in [-0.39, 0.29) is 6.04 Å². The molecule has 0 bridgehead atoms. The molecular weight excluding hydrogens is 200 g/mol. The number of piperidine rings is 1. The summed E-state index contributed by atoms with van der Waals surface area (Å²) in [7, 11) is 0. The molecule has 1 saturated carbocycles. The van der Waals surface area contributed by atoms with Gasteiger partial charge in [0.2, 0.25) is 5.91 Å². The number of nitrogens with zero attached hydrogens (tertiary/aromatic N) is 1. The first kappa shape index (κ1) is 11.9. The van der Waals surface area contributed by atoms with Gasteiger partial charge >= 0.3 is 0 Å². The summed E-state index contributed by atoms with van der Waals surface area (Å²) in [5, 5.41) is 3.37. The first-order chi connectivity index (χ1) is 7.74. The van der Waals surface area contributed by atoms with Gasteiger partial charge in [0.1, 0.15) is 0 Å². The van der Waals surface area contributed by atoms with Crippen LogP contribution in [-0.4, -0.2) is 36.0 Å². The smallest absolute Gasteiger partial charge is 0.239 e. The standard InChI is InChI=1S/C13H24N2O/c1-3-8-14-12-5-4-9-15(13(12)16)10(2)11-6-7-11/h10-12,14H,3-9H2,1-2H3. The molecule has 2 rings (SSSR count). The van der Waals surface area contributed by atoms with Crippen LogP contribution in [0.5, 0.6) is 0 Å². The van der Waals surface area contributed by atoms with Gasteiger partial charge in [-0.05, 0) is 51.5 Å². The second-order valence-corrected chi connectivity index (χ2v) is 5.26. The zero-order valence-electron chi connectivity index (χ0n) is 10.5.